The highest BCUT2D eigenvalue weighted by molar-refractivity contribution is 5.71. The Kier molecular flexibility index (Phi) is 51.3. The van der Waals surface area contributed by atoms with Crippen LogP contribution >= 0.6 is 0 Å². The summed E-state index contributed by atoms with van der Waals surface area (Å²) in [4.78, 5) is 37.9. The summed E-state index contributed by atoms with van der Waals surface area (Å²) in [6.07, 6.45) is 66.5. The molecule has 1 atom stereocenters. The van der Waals surface area contributed by atoms with Crippen molar-refractivity contribution >= 4 is 17.9 Å². The molecule has 0 radical (unpaired) electrons. The lowest BCUT2D eigenvalue weighted by molar-refractivity contribution is -0.167. The van der Waals surface area contributed by atoms with Crippen molar-refractivity contribution in [1.82, 2.24) is 0 Å². The summed E-state index contributed by atoms with van der Waals surface area (Å²) < 4.78 is 16.8. The molecule has 0 aliphatic rings. The Morgan fingerprint density at radius 3 is 0.938 bits per heavy atom. The van der Waals surface area contributed by atoms with Gasteiger partial charge in [-0.2, -0.15) is 0 Å². The van der Waals surface area contributed by atoms with E-state index in [1.165, 1.54) is 141 Å². The molecule has 0 bridgehead atoms. The molecular weight excluding hydrogens is 805 g/mol. The van der Waals surface area contributed by atoms with Gasteiger partial charge in [0.2, 0.25) is 0 Å². The molecule has 0 rings (SSSR count). The van der Waals surface area contributed by atoms with Crippen LogP contribution in [0.25, 0.3) is 0 Å². The third kappa shape index (κ3) is 51.9. The van der Waals surface area contributed by atoms with Crippen LogP contribution in [0.3, 0.4) is 0 Å². The number of hydrogen-bond donors (Lipinski definition) is 0. The summed E-state index contributed by atoms with van der Waals surface area (Å²) in [6.45, 7) is 6.50. The predicted molar refractivity (Wildman–Crippen MR) is 279 cm³/mol. The maximum atomic E-state index is 12.8. The van der Waals surface area contributed by atoms with Crippen LogP contribution < -0.4 is 0 Å². The molecule has 0 heterocycles. The van der Waals surface area contributed by atoms with E-state index >= 15 is 0 Å². The fourth-order valence-corrected chi connectivity index (χ4v) is 7.88. The van der Waals surface area contributed by atoms with Gasteiger partial charge in [-0.25, -0.2) is 0 Å². The lowest BCUT2D eigenvalue weighted by Gasteiger charge is -2.18. The minimum Gasteiger partial charge on any atom is -0.462 e. The van der Waals surface area contributed by atoms with Gasteiger partial charge in [0.15, 0.2) is 6.10 Å². The molecule has 0 aromatic heterocycles. The van der Waals surface area contributed by atoms with Crippen LogP contribution in [-0.2, 0) is 28.6 Å². The fourth-order valence-electron chi connectivity index (χ4n) is 7.88. The highest BCUT2D eigenvalue weighted by Crippen LogP contribution is 2.16. The number of carbonyl (C=O) groups excluding carboxylic acids is 3. The van der Waals surface area contributed by atoms with Crippen LogP contribution in [0.5, 0.6) is 0 Å². The van der Waals surface area contributed by atoms with Crippen molar-refractivity contribution in [3.8, 4) is 0 Å². The van der Waals surface area contributed by atoms with Gasteiger partial charge in [0.05, 0.1) is 0 Å². The molecule has 0 spiro atoms. The predicted octanol–water partition coefficient (Wildman–Crippen LogP) is 18.4. The normalized spacial score (nSPS) is 12.5. The van der Waals surface area contributed by atoms with E-state index in [9.17, 15) is 14.4 Å². The second-order valence-corrected chi connectivity index (χ2v) is 18.5. The van der Waals surface area contributed by atoms with E-state index in [1.54, 1.807) is 0 Å². The van der Waals surface area contributed by atoms with Gasteiger partial charge in [-0.1, -0.05) is 255 Å². The lowest BCUT2D eigenvalue weighted by atomic mass is 10.0. The molecule has 65 heavy (non-hydrogen) atoms. The van der Waals surface area contributed by atoms with E-state index in [4.69, 9.17) is 14.2 Å². The number of unbranched alkanes of at least 4 members (excludes halogenated alkanes) is 29. The SMILES string of the molecule is CC/C=C\C/C=C\C/C=C\C/C=C\C/C=C\CCCCCCCCCC(=O)OCC(COC(=O)CCCCCCCCC)OC(=O)CCCCCCCCCCCCCCCCCCC. The van der Waals surface area contributed by atoms with Crippen molar-refractivity contribution in [2.75, 3.05) is 13.2 Å². The van der Waals surface area contributed by atoms with Crippen LogP contribution in [-0.4, -0.2) is 37.2 Å². The average molecular weight is 909 g/mol. The molecule has 0 saturated heterocycles. The van der Waals surface area contributed by atoms with Crippen molar-refractivity contribution in [2.24, 2.45) is 0 Å². The summed E-state index contributed by atoms with van der Waals surface area (Å²) in [5, 5.41) is 0. The van der Waals surface area contributed by atoms with Crippen molar-refractivity contribution in [3.63, 3.8) is 0 Å². The highest BCUT2D eigenvalue weighted by Gasteiger charge is 2.19. The van der Waals surface area contributed by atoms with E-state index in [1.807, 2.05) is 0 Å². The van der Waals surface area contributed by atoms with Crippen molar-refractivity contribution in [1.29, 1.82) is 0 Å². The Hall–Kier alpha value is -2.89. The van der Waals surface area contributed by atoms with Gasteiger partial charge in [0.1, 0.15) is 13.2 Å². The van der Waals surface area contributed by atoms with Gasteiger partial charge in [0, 0.05) is 19.3 Å². The number of hydrogen-bond acceptors (Lipinski definition) is 6. The number of carbonyl (C=O) groups is 3. The van der Waals surface area contributed by atoms with Crippen LogP contribution in [0, 0.1) is 0 Å². The zero-order valence-corrected chi connectivity index (χ0v) is 43.0. The van der Waals surface area contributed by atoms with E-state index in [2.05, 4.69) is 81.5 Å². The van der Waals surface area contributed by atoms with Gasteiger partial charge < -0.3 is 14.2 Å². The third-order valence-electron chi connectivity index (χ3n) is 12.0. The second kappa shape index (κ2) is 53.7. The lowest BCUT2D eigenvalue weighted by Crippen LogP contribution is -2.30. The van der Waals surface area contributed by atoms with Crippen LogP contribution in [0.15, 0.2) is 60.8 Å². The number of esters is 3. The molecule has 6 heteroatoms. The first-order valence-electron chi connectivity index (χ1n) is 27.8. The maximum absolute atomic E-state index is 12.8. The largest absolute Gasteiger partial charge is 0.462 e. The van der Waals surface area contributed by atoms with Gasteiger partial charge in [-0.3, -0.25) is 14.4 Å². The molecule has 0 amide bonds. The van der Waals surface area contributed by atoms with Crippen LogP contribution in [0.1, 0.15) is 278 Å². The third-order valence-corrected chi connectivity index (χ3v) is 12.0. The van der Waals surface area contributed by atoms with Crippen molar-refractivity contribution in [2.45, 2.75) is 284 Å². The Morgan fingerprint density at radius 2 is 0.600 bits per heavy atom. The summed E-state index contributed by atoms with van der Waals surface area (Å²) in [7, 11) is 0. The standard InChI is InChI=1S/C59H104O6/c1-4-7-10-13-16-18-20-22-24-26-27-28-29-30-31-33-34-36-38-40-43-46-49-52-58(61)64-55-56(54-63-57(60)51-48-45-42-15-12-9-6-3)65-59(62)53-50-47-44-41-39-37-35-32-25-23-21-19-17-14-11-8-5-2/h7,10,16,18,22,24,27-28,30-31,56H,4-6,8-9,11-15,17,19-21,23,25-26,29,32-55H2,1-3H3/b10-7-,18-16-,24-22-,28-27-,31-30-. The quantitative estimate of drug-likeness (QED) is 0.0262. The molecular formula is C59H104O6. The monoisotopic (exact) mass is 909 g/mol. The van der Waals surface area contributed by atoms with Crippen molar-refractivity contribution in [3.05, 3.63) is 60.8 Å². The molecule has 0 fully saturated rings. The van der Waals surface area contributed by atoms with Gasteiger partial charge >= 0.3 is 17.9 Å². The molecule has 0 aliphatic heterocycles. The number of allylic oxidation sites excluding steroid dienone is 10. The van der Waals surface area contributed by atoms with E-state index in [0.29, 0.717) is 19.3 Å². The molecule has 0 N–H and O–H groups in total. The molecule has 1 unspecified atom stereocenters. The van der Waals surface area contributed by atoms with E-state index in [-0.39, 0.29) is 31.1 Å². The molecule has 0 saturated carbocycles. The smallest absolute Gasteiger partial charge is 0.306 e. The summed E-state index contributed by atoms with van der Waals surface area (Å²) in [5.41, 5.74) is 0. The van der Waals surface area contributed by atoms with Gasteiger partial charge in [-0.15, -0.1) is 0 Å². The second-order valence-electron chi connectivity index (χ2n) is 18.5. The summed E-state index contributed by atoms with van der Waals surface area (Å²) in [6, 6.07) is 0. The Bertz CT molecular complexity index is 1180. The first-order valence-corrected chi connectivity index (χ1v) is 27.8. The van der Waals surface area contributed by atoms with Crippen molar-refractivity contribution < 1.29 is 28.6 Å². The van der Waals surface area contributed by atoms with E-state index in [0.717, 1.165) is 96.3 Å². The number of ether oxygens (including phenoxy) is 3. The summed E-state index contributed by atoms with van der Waals surface area (Å²) in [5.74, 6) is -0.882. The van der Waals surface area contributed by atoms with E-state index < -0.39 is 6.10 Å². The first kappa shape index (κ1) is 62.1. The average Bonchev–Trinajstić information content (AvgIpc) is 3.30. The summed E-state index contributed by atoms with van der Waals surface area (Å²) >= 11 is 0. The van der Waals surface area contributed by atoms with Crippen LogP contribution in [0.2, 0.25) is 0 Å². The topological polar surface area (TPSA) is 78.9 Å². The maximum Gasteiger partial charge on any atom is 0.306 e. The minimum atomic E-state index is -0.773. The molecule has 376 valence electrons. The van der Waals surface area contributed by atoms with Gasteiger partial charge in [0.25, 0.3) is 0 Å². The molecule has 0 aromatic rings. The van der Waals surface area contributed by atoms with Gasteiger partial charge in [-0.05, 0) is 64.2 Å². The zero-order valence-electron chi connectivity index (χ0n) is 43.0. The Balaban J connectivity index is 4.21. The zero-order chi connectivity index (χ0) is 47.2. The highest BCUT2D eigenvalue weighted by atomic mass is 16.6. The Morgan fingerprint density at radius 1 is 0.323 bits per heavy atom. The molecule has 0 aliphatic carbocycles. The Labute approximate surface area is 402 Å². The number of rotatable bonds is 50. The minimum absolute atomic E-state index is 0.0749. The molecule has 0 aromatic carbocycles. The molecule has 6 nitrogen and oxygen atoms in total. The van der Waals surface area contributed by atoms with Crippen LogP contribution in [0.4, 0.5) is 0 Å². The first-order chi connectivity index (χ1) is 32.0. The fraction of sp³-hybridized carbons (Fsp3) is 0.780.